The van der Waals surface area contributed by atoms with Gasteiger partial charge in [-0.2, -0.15) is 13.2 Å². The lowest BCUT2D eigenvalue weighted by molar-refractivity contribution is -0.138. The van der Waals surface area contributed by atoms with Gasteiger partial charge in [-0.3, -0.25) is 0 Å². The van der Waals surface area contributed by atoms with Gasteiger partial charge in [-0.05, 0) is 43.7 Å². The predicted octanol–water partition coefficient (Wildman–Crippen LogP) is 4.60. The average Bonchev–Trinajstić information content (AvgIpc) is 2.39. The molecule has 4 heteroatoms. The van der Waals surface area contributed by atoms with E-state index in [4.69, 9.17) is 5.73 Å². The molecule has 1 aliphatic rings. The molecule has 1 aliphatic carbocycles. The highest BCUT2D eigenvalue weighted by molar-refractivity contribution is 5.33. The Hall–Kier alpha value is -1.29. The highest BCUT2D eigenvalue weighted by Crippen LogP contribution is 2.36. The zero-order valence-electron chi connectivity index (χ0n) is 10.7. The first kappa shape index (κ1) is 14.1. The molecule has 0 aromatic heterocycles. The van der Waals surface area contributed by atoms with Crippen LogP contribution in [-0.2, 0) is 6.18 Å². The van der Waals surface area contributed by atoms with E-state index in [2.05, 4.69) is 6.08 Å². The first-order chi connectivity index (χ1) is 8.98. The fraction of sp³-hybridized carbons (Fsp3) is 0.467. The summed E-state index contributed by atoms with van der Waals surface area (Å²) in [5.74, 6) is 0. The molecule has 1 aromatic rings. The zero-order chi connectivity index (χ0) is 13.9. The van der Waals surface area contributed by atoms with Crippen LogP contribution in [0.5, 0.6) is 0 Å². The summed E-state index contributed by atoms with van der Waals surface area (Å²) in [7, 11) is 0. The number of halogens is 3. The van der Waals surface area contributed by atoms with Crippen LogP contribution in [-0.4, -0.2) is 0 Å². The molecule has 0 spiro atoms. The van der Waals surface area contributed by atoms with Crippen molar-refractivity contribution in [1.29, 1.82) is 0 Å². The third-order valence-corrected chi connectivity index (χ3v) is 3.53. The minimum Gasteiger partial charge on any atom is -0.324 e. The Kier molecular flexibility index (Phi) is 4.30. The highest BCUT2D eigenvalue weighted by Gasteiger charge is 2.34. The van der Waals surface area contributed by atoms with Crippen molar-refractivity contribution in [2.45, 2.75) is 44.3 Å². The van der Waals surface area contributed by atoms with Crippen LogP contribution in [0.25, 0.3) is 0 Å². The molecular formula is C15H18F3N. The monoisotopic (exact) mass is 269 g/mol. The van der Waals surface area contributed by atoms with Gasteiger partial charge in [-0.15, -0.1) is 0 Å². The maximum atomic E-state index is 12.9. The van der Waals surface area contributed by atoms with Crippen LogP contribution < -0.4 is 5.73 Å². The fourth-order valence-electron chi connectivity index (χ4n) is 2.56. The van der Waals surface area contributed by atoms with E-state index in [1.807, 2.05) is 0 Å². The van der Waals surface area contributed by atoms with Crippen molar-refractivity contribution in [2.75, 3.05) is 0 Å². The minimum absolute atomic E-state index is 0.196. The van der Waals surface area contributed by atoms with Gasteiger partial charge in [-0.25, -0.2) is 0 Å². The van der Waals surface area contributed by atoms with E-state index in [1.54, 1.807) is 6.07 Å². The van der Waals surface area contributed by atoms with E-state index in [1.165, 1.54) is 17.7 Å². The molecule has 0 heterocycles. The molecule has 1 atom stereocenters. The highest BCUT2D eigenvalue weighted by atomic mass is 19.4. The second-order valence-corrected chi connectivity index (χ2v) is 5.00. The van der Waals surface area contributed by atoms with Crippen molar-refractivity contribution in [3.8, 4) is 0 Å². The Labute approximate surface area is 111 Å². The number of hydrogen-bond donors (Lipinski definition) is 1. The van der Waals surface area contributed by atoms with Gasteiger partial charge in [0.2, 0.25) is 0 Å². The number of benzene rings is 1. The summed E-state index contributed by atoms with van der Waals surface area (Å²) >= 11 is 0. The van der Waals surface area contributed by atoms with E-state index in [0.717, 1.165) is 31.7 Å². The largest absolute Gasteiger partial charge is 0.416 e. The Bertz CT molecular complexity index is 463. The number of rotatable bonds is 3. The van der Waals surface area contributed by atoms with Gasteiger partial charge in [0.1, 0.15) is 0 Å². The van der Waals surface area contributed by atoms with E-state index < -0.39 is 17.8 Å². The molecule has 19 heavy (non-hydrogen) atoms. The zero-order valence-corrected chi connectivity index (χ0v) is 10.7. The molecule has 1 unspecified atom stereocenters. The van der Waals surface area contributed by atoms with Crippen molar-refractivity contribution in [2.24, 2.45) is 5.73 Å². The molecule has 0 fully saturated rings. The molecular weight excluding hydrogens is 251 g/mol. The molecule has 2 rings (SSSR count). The molecule has 0 bridgehead atoms. The van der Waals surface area contributed by atoms with Gasteiger partial charge in [0.05, 0.1) is 5.56 Å². The van der Waals surface area contributed by atoms with Crippen LogP contribution in [0.3, 0.4) is 0 Å². The maximum absolute atomic E-state index is 12.9. The van der Waals surface area contributed by atoms with Crippen molar-refractivity contribution in [1.82, 2.24) is 0 Å². The molecule has 104 valence electrons. The summed E-state index contributed by atoms with van der Waals surface area (Å²) in [5.41, 5.74) is 6.76. The molecule has 0 saturated heterocycles. The van der Waals surface area contributed by atoms with Crippen molar-refractivity contribution in [3.05, 3.63) is 47.0 Å². The third kappa shape index (κ3) is 3.60. The van der Waals surface area contributed by atoms with Crippen LogP contribution in [0.15, 0.2) is 35.9 Å². The van der Waals surface area contributed by atoms with Gasteiger partial charge in [0.15, 0.2) is 0 Å². The standard InChI is InChI=1S/C15H18F3N/c16-15(17,18)13-9-5-4-8-12(13)14(19)10-11-6-2-1-3-7-11/h4-6,8-9,14H,1-3,7,10,19H2. The van der Waals surface area contributed by atoms with E-state index in [-0.39, 0.29) is 5.56 Å². The smallest absolute Gasteiger partial charge is 0.324 e. The normalized spacial score (nSPS) is 18.0. The summed E-state index contributed by atoms with van der Waals surface area (Å²) in [6.45, 7) is 0. The molecule has 1 nitrogen and oxygen atoms in total. The fourth-order valence-corrected chi connectivity index (χ4v) is 2.56. The van der Waals surface area contributed by atoms with E-state index in [9.17, 15) is 13.2 Å². The molecule has 2 N–H and O–H groups in total. The van der Waals surface area contributed by atoms with Gasteiger partial charge in [0, 0.05) is 6.04 Å². The van der Waals surface area contributed by atoms with Gasteiger partial charge in [-0.1, -0.05) is 29.8 Å². The third-order valence-electron chi connectivity index (χ3n) is 3.53. The number of alkyl halides is 3. The first-order valence-corrected chi connectivity index (χ1v) is 6.58. The average molecular weight is 269 g/mol. The van der Waals surface area contributed by atoms with E-state index >= 15 is 0 Å². The lowest BCUT2D eigenvalue weighted by atomic mass is 9.90. The Morgan fingerprint density at radius 1 is 1.16 bits per heavy atom. The lowest BCUT2D eigenvalue weighted by Crippen LogP contribution is -2.18. The van der Waals surface area contributed by atoms with Gasteiger partial charge < -0.3 is 5.73 Å². The predicted molar refractivity (Wildman–Crippen MR) is 69.5 cm³/mol. The molecule has 0 amide bonds. The second kappa shape index (κ2) is 5.78. The quantitative estimate of drug-likeness (QED) is 0.798. The number of hydrogen-bond acceptors (Lipinski definition) is 1. The topological polar surface area (TPSA) is 26.0 Å². The first-order valence-electron chi connectivity index (χ1n) is 6.58. The SMILES string of the molecule is NC(CC1=CCCCC1)c1ccccc1C(F)(F)F. The Morgan fingerprint density at radius 2 is 1.89 bits per heavy atom. The van der Waals surface area contributed by atoms with Gasteiger partial charge >= 0.3 is 6.18 Å². The molecule has 1 aromatic carbocycles. The molecule has 0 radical (unpaired) electrons. The summed E-state index contributed by atoms with van der Waals surface area (Å²) in [6.07, 6.45) is 2.56. The Morgan fingerprint density at radius 3 is 2.53 bits per heavy atom. The minimum atomic E-state index is -4.34. The summed E-state index contributed by atoms with van der Waals surface area (Å²) in [6, 6.07) is 5.02. The maximum Gasteiger partial charge on any atom is 0.416 e. The van der Waals surface area contributed by atoms with Crippen molar-refractivity contribution >= 4 is 0 Å². The molecule has 0 saturated carbocycles. The summed E-state index contributed by atoms with van der Waals surface area (Å²) in [5, 5.41) is 0. The summed E-state index contributed by atoms with van der Waals surface area (Å²) in [4.78, 5) is 0. The van der Waals surface area contributed by atoms with E-state index in [0.29, 0.717) is 6.42 Å². The van der Waals surface area contributed by atoms with Crippen LogP contribution in [0, 0.1) is 0 Å². The van der Waals surface area contributed by atoms with Crippen LogP contribution in [0.2, 0.25) is 0 Å². The molecule has 0 aliphatic heterocycles. The van der Waals surface area contributed by atoms with Crippen molar-refractivity contribution < 1.29 is 13.2 Å². The van der Waals surface area contributed by atoms with Crippen LogP contribution >= 0.6 is 0 Å². The van der Waals surface area contributed by atoms with Gasteiger partial charge in [0.25, 0.3) is 0 Å². The second-order valence-electron chi connectivity index (χ2n) is 5.00. The van der Waals surface area contributed by atoms with Crippen molar-refractivity contribution in [3.63, 3.8) is 0 Å². The Balaban J connectivity index is 2.19. The lowest BCUT2D eigenvalue weighted by Gasteiger charge is -2.21. The van der Waals surface area contributed by atoms with Crippen LogP contribution in [0.1, 0.15) is 49.3 Å². The van der Waals surface area contributed by atoms with Crippen LogP contribution in [0.4, 0.5) is 13.2 Å². The number of nitrogens with two attached hydrogens (primary N) is 1. The number of allylic oxidation sites excluding steroid dienone is 1. The summed E-state index contributed by atoms with van der Waals surface area (Å²) < 4.78 is 38.8.